The Hall–Kier alpha value is -6.19. The summed E-state index contributed by atoms with van der Waals surface area (Å²) in [4.78, 5) is 5.34. The summed E-state index contributed by atoms with van der Waals surface area (Å²) in [5.41, 5.74) is 10.5. The zero-order valence-corrected chi connectivity index (χ0v) is 24.8. The second-order valence-electron chi connectivity index (χ2n) is 11.9. The van der Waals surface area contributed by atoms with Gasteiger partial charge in [0, 0.05) is 49.1 Å². The van der Waals surface area contributed by atoms with Crippen LogP contribution in [-0.2, 0) is 0 Å². The second-order valence-corrected chi connectivity index (χ2v) is 11.9. The minimum Gasteiger partial charge on any atom is -0.455 e. The van der Waals surface area contributed by atoms with E-state index in [-0.39, 0.29) is 0 Å². The number of furan rings is 1. The number of rotatable bonds is 3. The number of aromatic nitrogens is 2. The minimum atomic E-state index is 0.904. The van der Waals surface area contributed by atoms with Gasteiger partial charge in [-0.05, 0) is 59.5 Å². The molecule has 0 N–H and O–H groups in total. The third kappa shape index (κ3) is 3.63. The van der Waals surface area contributed by atoms with E-state index < -0.39 is 0 Å². The third-order valence-corrected chi connectivity index (χ3v) is 9.36. The highest BCUT2D eigenvalue weighted by atomic mass is 16.3. The maximum Gasteiger partial charge on any atom is 0.143 e. The zero-order chi connectivity index (χ0) is 30.2. The highest BCUT2D eigenvalue weighted by molar-refractivity contribution is 6.20. The zero-order valence-electron chi connectivity index (χ0n) is 24.8. The van der Waals surface area contributed by atoms with Crippen LogP contribution < -0.4 is 0 Å². The standard InChI is InChI=1S/C43H26N2O/c1-2-14-29(15-3-1)45-39-22-8-5-17-32(39)36-25-35-31-16-4-7-21-38(31)44-42(37(35)26-40(36)45)28-13-10-12-27(24-28)30-19-11-20-34-33-18-6-9-23-41(33)46-43(30)34/h1-26H. The molecular formula is C43H26N2O. The number of hydrogen-bond donors (Lipinski definition) is 0. The summed E-state index contributed by atoms with van der Waals surface area (Å²) in [7, 11) is 0. The Morgan fingerprint density at radius 3 is 2.07 bits per heavy atom. The summed E-state index contributed by atoms with van der Waals surface area (Å²) >= 11 is 0. The molecule has 0 aliphatic heterocycles. The van der Waals surface area contributed by atoms with Crippen LogP contribution in [0.5, 0.6) is 0 Å². The van der Waals surface area contributed by atoms with Crippen LogP contribution in [0.15, 0.2) is 162 Å². The van der Waals surface area contributed by atoms with Gasteiger partial charge in [-0.15, -0.1) is 0 Å². The Kier molecular flexibility index (Phi) is 5.28. The van der Waals surface area contributed by atoms with Crippen LogP contribution in [0, 0.1) is 0 Å². The Morgan fingerprint density at radius 1 is 0.435 bits per heavy atom. The molecule has 0 bridgehead atoms. The first kappa shape index (κ1) is 25.2. The third-order valence-electron chi connectivity index (χ3n) is 9.36. The van der Waals surface area contributed by atoms with Crippen LogP contribution in [0.2, 0.25) is 0 Å². The van der Waals surface area contributed by atoms with Gasteiger partial charge in [-0.1, -0.05) is 109 Å². The average molecular weight is 587 g/mol. The molecule has 0 aliphatic carbocycles. The van der Waals surface area contributed by atoms with Gasteiger partial charge in [0.05, 0.1) is 22.2 Å². The first-order valence-corrected chi connectivity index (χ1v) is 15.6. The number of para-hydroxylation sites is 5. The van der Waals surface area contributed by atoms with E-state index in [1.165, 1.54) is 27.2 Å². The highest BCUT2D eigenvalue weighted by Gasteiger charge is 2.18. The molecule has 10 aromatic rings. The fourth-order valence-corrected chi connectivity index (χ4v) is 7.30. The Morgan fingerprint density at radius 2 is 1.15 bits per heavy atom. The van der Waals surface area contributed by atoms with Crippen molar-refractivity contribution in [1.82, 2.24) is 9.55 Å². The summed E-state index contributed by atoms with van der Waals surface area (Å²) in [6.45, 7) is 0. The SMILES string of the molecule is c1ccc(-n2c3ccccc3c3cc4c(cc32)c(-c2cccc(-c3cccc5c3oc3ccccc35)c2)nc2ccccc24)cc1. The molecule has 3 aromatic heterocycles. The van der Waals surface area contributed by atoms with Crippen LogP contribution in [0.4, 0.5) is 0 Å². The van der Waals surface area contributed by atoms with Crippen LogP contribution in [-0.4, -0.2) is 9.55 Å². The van der Waals surface area contributed by atoms with Crippen molar-refractivity contribution in [2.45, 2.75) is 0 Å². The lowest BCUT2D eigenvalue weighted by Gasteiger charge is -2.13. The van der Waals surface area contributed by atoms with Crippen molar-refractivity contribution in [1.29, 1.82) is 0 Å². The van der Waals surface area contributed by atoms with Gasteiger partial charge in [0.15, 0.2) is 0 Å². The van der Waals surface area contributed by atoms with Gasteiger partial charge >= 0.3 is 0 Å². The van der Waals surface area contributed by atoms with Gasteiger partial charge in [-0.3, -0.25) is 0 Å². The van der Waals surface area contributed by atoms with Crippen molar-refractivity contribution in [3.63, 3.8) is 0 Å². The lowest BCUT2D eigenvalue weighted by molar-refractivity contribution is 0.670. The number of benzene rings is 7. The number of fused-ring (bicyclic) bond motifs is 9. The monoisotopic (exact) mass is 586 g/mol. The molecule has 0 saturated carbocycles. The van der Waals surface area contributed by atoms with Crippen molar-refractivity contribution in [2.75, 3.05) is 0 Å². The van der Waals surface area contributed by atoms with Crippen molar-refractivity contribution in [3.8, 4) is 28.1 Å². The van der Waals surface area contributed by atoms with Crippen molar-refractivity contribution < 1.29 is 4.42 Å². The smallest absolute Gasteiger partial charge is 0.143 e. The Balaban J connectivity index is 1.28. The van der Waals surface area contributed by atoms with Gasteiger partial charge in [-0.2, -0.15) is 0 Å². The van der Waals surface area contributed by atoms with Gasteiger partial charge < -0.3 is 8.98 Å². The molecule has 10 rings (SSSR count). The molecule has 0 radical (unpaired) electrons. The maximum absolute atomic E-state index is 6.43. The number of nitrogens with zero attached hydrogens (tertiary/aromatic N) is 2. The topological polar surface area (TPSA) is 31.0 Å². The minimum absolute atomic E-state index is 0.904. The fourth-order valence-electron chi connectivity index (χ4n) is 7.30. The van der Waals surface area contributed by atoms with Gasteiger partial charge in [-0.25, -0.2) is 4.98 Å². The van der Waals surface area contributed by atoms with E-state index in [9.17, 15) is 0 Å². The molecule has 0 spiro atoms. The first-order chi connectivity index (χ1) is 22.8. The summed E-state index contributed by atoms with van der Waals surface area (Å²) in [6, 6.07) is 55.9. The summed E-state index contributed by atoms with van der Waals surface area (Å²) in [6.07, 6.45) is 0. The molecule has 0 saturated heterocycles. The molecule has 214 valence electrons. The van der Waals surface area contributed by atoms with Gasteiger partial charge in [0.1, 0.15) is 11.2 Å². The number of hydrogen-bond acceptors (Lipinski definition) is 2. The molecule has 0 fully saturated rings. The second kappa shape index (κ2) is 9.65. The Bertz CT molecular complexity index is 2800. The lowest BCUT2D eigenvalue weighted by Crippen LogP contribution is -1.94. The molecule has 3 nitrogen and oxygen atoms in total. The van der Waals surface area contributed by atoms with E-state index in [2.05, 4.69) is 150 Å². The molecule has 46 heavy (non-hydrogen) atoms. The maximum atomic E-state index is 6.43. The Labute approximate surface area is 264 Å². The van der Waals surface area contributed by atoms with Crippen LogP contribution in [0.25, 0.3) is 93.5 Å². The molecule has 7 aromatic carbocycles. The lowest BCUT2D eigenvalue weighted by atomic mass is 9.95. The van der Waals surface area contributed by atoms with Crippen molar-refractivity contribution in [3.05, 3.63) is 158 Å². The fraction of sp³-hybridized carbons (Fsp3) is 0. The molecule has 0 atom stereocenters. The molecule has 0 unspecified atom stereocenters. The van der Waals surface area contributed by atoms with E-state index in [1.807, 2.05) is 12.1 Å². The molecule has 3 heteroatoms. The molecule has 3 heterocycles. The molecule has 0 aliphatic rings. The predicted octanol–water partition coefficient (Wildman–Crippen LogP) is 11.7. The molecular weight excluding hydrogens is 560 g/mol. The van der Waals surface area contributed by atoms with E-state index in [1.54, 1.807) is 0 Å². The van der Waals surface area contributed by atoms with E-state index in [0.717, 1.165) is 66.3 Å². The first-order valence-electron chi connectivity index (χ1n) is 15.6. The van der Waals surface area contributed by atoms with Crippen molar-refractivity contribution in [2.24, 2.45) is 0 Å². The average Bonchev–Trinajstić information content (AvgIpc) is 3.66. The molecule has 0 amide bonds. The van der Waals surface area contributed by atoms with E-state index >= 15 is 0 Å². The van der Waals surface area contributed by atoms with E-state index in [4.69, 9.17) is 9.40 Å². The number of pyridine rings is 1. The van der Waals surface area contributed by atoms with Crippen LogP contribution >= 0.6 is 0 Å². The summed E-state index contributed by atoms with van der Waals surface area (Å²) < 4.78 is 8.80. The normalized spacial score (nSPS) is 11.9. The van der Waals surface area contributed by atoms with Gasteiger partial charge in [0.25, 0.3) is 0 Å². The van der Waals surface area contributed by atoms with Crippen LogP contribution in [0.3, 0.4) is 0 Å². The predicted molar refractivity (Wildman–Crippen MR) is 192 cm³/mol. The van der Waals surface area contributed by atoms with Crippen LogP contribution in [0.1, 0.15) is 0 Å². The highest BCUT2D eigenvalue weighted by Crippen LogP contribution is 2.41. The van der Waals surface area contributed by atoms with Crippen molar-refractivity contribution >= 4 is 65.4 Å². The summed E-state index contributed by atoms with van der Waals surface area (Å²) in [5.74, 6) is 0. The summed E-state index contributed by atoms with van der Waals surface area (Å²) in [5, 5.41) is 8.23. The van der Waals surface area contributed by atoms with E-state index in [0.29, 0.717) is 0 Å². The largest absolute Gasteiger partial charge is 0.455 e. The van der Waals surface area contributed by atoms with Gasteiger partial charge in [0.2, 0.25) is 0 Å². The quantitative estimate of drug-likeness (QED) is 0.193.